The first kappa shape index (κ1) is 19.9. The van der Waals surface area contributed by atoms with Crippen LogP contribution in [-0.2, 0) is 11.5 Å². The number of ether oxygens (including phenoxy) is 1. The number of nitrogens with zero attached hydrogens (tertiary/aromatic N) is 4. The molecule has 1 amide bonds. The maximum atomic E-state index is 12.6. The third-order valence-corrected chi connectivity index (χ3v) is 5.11. The summed E-state index contributed by atoms with van der Waals surface area (Å²) in [5, 5.41) is 12.0. The highest BCUT2D eigenvalue weighted by atomic mass is 35.5. The van der Waals surface area contributed by atoms with Gasteiger partial charge in [-0.1, -0.05) is 29.3 Å². The quantitative estimate of drug-likeness (QED) is 0.671. The number of halogens is 1. The molecule has 1 aromatic carbocycles. The fourth-order valence-electron chi connectivity index (χ4n) is 2.97. The zero-order valence-electron chi connectivity index (χ0n) is 16.7. The number of hydrogen-bond donors (Lipinski definition) is 1. The Balaban J connectivity index is 1.62. The highest BCUT2D eigenvalue weighted by Crippen LogP contribution is 2.23. The van der Waals surface area contributed by atoms with Crippen LogP contribution in [0.2, 0.25) is 5.02 Å². The average molecular weight is 402 g/mol. The van der Waals surface area contributed by atoms with Crippen molar-refractivity contribution >= 4 is 23.2 Å². The van der Waals surface area contributed by atoms with E-state index in [0.29, 0.717) is 16.4 Å². The summed E-state index contributed by atoms with van der Waals surface area (Å²) in [6.07, 6.45) is 3.31. The molecule has 0 radical (unpaired) electrons. The van der Waals surface area contributed by atoms with E-state index in [1.54, 1.807) is 28.7 Å². The van der Waals surface area contributed by atoms with Crippen LogP contribution in [0.15, 0.2) is 30.6 Å². The number of carbonyl (C=O) groups is 1. The number of hydrogen-bond acceptors (Lipinski definition) is 4. The Hall–Kier alpha value is -2.80. The number of amides is 1. The van der Waals surface area contributed by atoms with Crippen molar-refractivity contribution in [2.45, 2.75) is 47.4 Å². The van der Waals surface area contributed by atoms with Crippen molar-refractivity contribution in [2.24, 2.45) is 0 Å². The Bertz CT molecular complexity index is 1010. The molecule has 1 atom stereocenters. The second-order valence-electron chi connectivity index (χ2n) is 6.91. The predicted octanol–water partition coefficient (Wildman–Crippen LogP) is 4.20. The van der Waals surface area contributed by atoms with E-state index in [1.807, 2.05) is 39.8 Å². The SMILES string of the molecule is Cc1ccc(OCn2cc(NC(=O)C(C)n3nc(C)c(Cl)c3C)cn2)c(C)c1. The van der Waals surface area contributed by atoms with Gasteiger partial charge in [-0.3, -0.25) is 9.48 Å². The van der Waals surface area contributed by atoms with Gasteiger partial charge in [0.1, 0.15) is 11.8 Å². The normalized spacial score (nSPS) is 12.1. The molecule has 0 saturated heterocycles. The number of aryl methyl sites for hydroxylation is 3. The highest BCUT2D eigenvalue weighted by Gasteiger charge is 2.21. The lowest BCUT2D eigenvalue weighted by molar-refractivity contribution is -0.119. The summed E-state index contributed by atoms with van der Waals surface area (Å²) < 4.78 is 9.05. The minimum absolute atomic E-state index is 0.197. The standard InChI is InChI=1S/C20H24ClN5O2/c1-12-6-7-18(13(2)8-12)28-11-25-10-17(9-22-25)23-20(27)16(5)26-15(4)19(21)14(3)24-26/h6-10,16H,11H2,1-5H3,(H,23,27). The zero-order valence-corrected chi connectivity index (χ0v) is 17.4. The summed E-state index contributed by atoms with van der Waals surface area (Å²) in [5.41, 5.74) is 4.31. The van der Waals surface area contributed by atoms with Crippen LogP contribution in [0.4, 0.5) is 5.69 Å². The van der Waals surface area contributed by atoms with E-state index in [9.17, 15) is 4.79 Å². The molecule has 148 valence electrons. The van der Waals surface area contributed by atoms with Gasteiger partial charge in [-0.2, -0.15) is 10.2 Å². The minimum Gasteiger partial charge on any atom is -0.471 e. The molecule has 2 heterocycles. The first-order chi connectivity index (χ1) is 13.3. The monoisotopic (exact) mass is 401 g/mol. The second-order valence-corrected chi connectivity index (χ2v) is 7.28. The summed E-state index contributed by atoms with van der Waals surface area (Å²) >= 11 is 6.17. The summed E-state index contributed by atoms with van der Waals surface area (Å²) in [6.45, 7) is 9.73. The Morgan fingerprint density at radius 1 is 1.29 bits per heavy atom. The smallest absolute Gasteiger partial charge is 0.249 e. The van der Waals surface area contributed by atoms with Gasteiger partial charge in [0, 0.05) is 0 Å². The van der Waals surface area contributed by atoms with E-state index in [-0.39, 0.29) is 12.6 Å². The molecule has 1 unspecified atom stereocenters. The van der Waals surface area contributed by atoms with Gasteiger partial charge in [0.15, 0.2) is 6.73 Å². The van der Waals surface area contributed by atoms with Crippen LogP contribution < -0.4 is 10.1 Å². The summed E-state index contributed by atoms with van der Waals surface area (Å²) in [6, 6.07) is 5.51. The molecule has 0 fully saturated rings. The van der Waals surface area contributed by atoms with Gasteiger partial charge in [0.05, 0.1) is 34.5 Å². The molecule has 1 N–H and O–H groups in total. The van der Waals surface area contributed by atoms with E-state index in [1.165, 1.54) is 5.56 Å². The summed E-state index contributed by atoms with van der Waals surface area (Å²) in [5.74, 6) is 0.610. The molecular weight excluding hydrogens is 378 g/mol. The van der Waals surface area contributed by atoms with Crippen molar-refractivity contribution < 1.29 is 9.53 Å². The molecule has 28 heavy (non-hydrogen) atoms. The maximum absolute atomic E-state index is 12.6. The third-order valence-electron chi connectivity index (χ3n) is 4.57. The molecular formula is C20H24ClN5O2. The van der Waals surface area contributed by atoms with Gasteiger partial charge in [0.25, 0.3) is 0 Å². The van der Waals surface area contributed by atoms with E-state index < -0.39 is 6.04 Å². The molecule has 3 rings (SSSR count). The Labute approximate surface area is 169 Å². The van der Waals surface area contributed by atoms with Crippen molar-refractivity contribution in [1.29, 1.82) is 0 Å². The first-order valence-corrected chi connectivity index (χ1v) is 9.38. The van der Waals surface area contributed by atoms with E-state index in [2.05, 4.69) is 21.6 Å². The lowest BCUT2D eigenvalue weighted by atomic mass is 10.1. The van der Waals surface area contributed by atoms with Crippen molar-refractivity contribution in [1.82, 2.24) is 19.6 Å². The molecule has 3 aromatic rings. The van der Waals surface area contributed by atoms with Crippen LogP contribution in [0.5, 0.6) is 5.75 Å². The van der Waals surface area contributed by atoms with Crippen molar-refractivity contribution in [3.05, 3.63) is 58.1 Å². The van der Waals surface area contributed by atoms with Crippen LogP contribution in [0.25, 0.3) is 0 Å². The minimum atomic E-state index is -0.499. The number of benzene rings is 1. The van der Waals surface area contributed by atoms with Crippen molar-refractivity contribution in [3.8, 4) is 5.75 Å². The zero-order chi connectivity index (χ0) is 20.4. The molecule has 2 aromatic heterocycles. The van der Waals surface area contributed by atoms with E-state index >= 15 is 0 Å². The largest absolute Gasteiger partial charge is 0.471 e. The number of anilines is 1. The summed E-state index contributed by atoms with van der Waals surface area (Å²) in [7, 11) is 0. The second kappa shape index (κ2) is 8.06. The van der Waals surface area contributed by atoms with Crippen LogP contribution in [0, 0.1) is 27.7 Å². The molecule has 0 bridgehead atoms. The number of nitrogens with one attached hydrogen (secondary N) is 1. The van der Waals surface area contributed by atoms with Crippen molar-refractivity contribution in [2.75, 3.05) is 5.32 Å². The topological polar surface area (TPSA) is 74.0 Å². The Morgan fingerprint density at radius 2 is 2.04 bits per heavy atom. The van der Waals surface area contributed by atoms with Crippen LogP contribution in [-0.4, -0.2) is 25.5 Å². The number of rotatable bonds is 6. The Kier molecular flexibility index (Phi) is 5.74. The fraction of sp³-hybridized carbons (Fsp3) is 0.350. The van der Waals surface area contributed by atoms with Crippen LogP contribution in [0.1, 0.15) is 35.5 Å². The summed E-state index contributed by atoms with van der Waals surface area (Å²) in [4.78, 5) is 12.6. The molecule has 0 saturated carbocycles. The highest BCUT2D eigenvalue weighted by molar-refractivity contribution is 6.31. The molecule has 0 aliphatic rings. The lowest BCUT2D eigenvalue weighted by Crippen LogP contribution is -2.25. The van der Waals surface area contributed by atoms with Gasteiger partial charge in [-0.15, -0.1) is 0 Å². The lowest BCUT2D eigenvalue weighted by Gasteiger charge is -2.13. The number of aromatic nitrogens is 4. The molecule has 0 spiro atoms. The van der Waals surface area contributed by atoms with E-state index in [0.717, 1.165) is 17.0 Å². The Morgan fingerprint density at radius 3 is 2.68 bits per heavy atom. The number of carbonyl (C=O) groups excluding carboxylic acids is 1. The fourth-order valence-corrected chi connectivity index (χ4v) is 3.10. The van der Waals surface area contributed by atoms with Gasteiger partial charge < -0.3 is 10.1 Å². The first-order valence-electron chi connectivity index (χ1n) is 9.01. The molecule has 0 aliphatic heterocycles. The van der Waals surface area contributed by atoms with Crippen molar-refractivity contribution in [3.63, 3.8) is 0 Å². The van der Waals surface area contributed by atoms with E-state index in [4.69, 9.17) is 16.3 Å². The van der Waals surface area contributed by atoms with Gasteiger partial charge >= 0.3 is 0 Å². The molecule has 7 nitrogen and oxygen atoms in total. The van der Waals surface area contributed by atoms with Crippen LogP contribution in [0.3, 0.4) is 0 Å². The van der Waals surface area contributed by atoms with Gasteiger partial charge in [-0.05, 0) is 46.2 Å². The third kappa shape index (κ3) is 4.20. The predicted molar refractivity (Wildman–Crippen MR) is 109 cm³/mol. The average Bonchev–Trinajstić information content (AvgIpc) is 3.20. The molecule has 8 heteroatoms. The van der Waals surface area contributed by atoms with Gasteiger partial charge in [-0.25, -0.2) is 4.68 Å². The maximum Gasteiger partial charge on any atom is 0.249 e. The van der Waals surface area contributed by atoms with Crippen LogP contribution >= 0.6 is 11.6 Å². The molecule has 0 aliphatic carbocycles. The van der Waals surface area contributed by atoms with Gasteiger partial charge in [0.2, 0.25) is 5.91 Å².